The maximum Gasteiger partial charge on any atom is 0.434 e. The average molecular weight is 292 g/mol. The van der Waals surface area contributed by atoms with Crippen molar-refractivity contribution in [3.8, 4) is 0 Å². The predicted octanol–water partition coefficient (Wildman–Crippen LogP) is 2.06. The first kappa shape index (κ1) is 15.5. The van der Waals surface area contributed by atoms with Crippen LogP contribution in [0.2, 0.25) is 0 Å². The summed E-state index contributed by atoms with van der Waals surface area (Å²) >= 11 is 1.01. The highest BCUT2D eigenvalue weighted by Crippen LogP contribution is 2.29. The number of nitrogens with zero attached hydrogens (tertiary/aromatic N) is 2. The molecule has 19 heavy (non-hydrogen) atoms. The first-order valence-electron chi connectivity index (χ1n) is 5.54. The minimum Gasteiger partial charge on any atom is -0.356 e. The maximum absolute atomic E-state index is 12.3. The summed E-state index contributed by atoms with van der Waals surface area (Å²) in [7, 11) is 1.61. The van der Waals surface area contributed by atoms with Gasteiger partial charge in [0, 0.05) is 31.9 Å². The summed E-state index contributed by atoms with van der Waals surface area (Å²) < 4.78 is 37.0. The van der Waals surface area contributed by atoms with Gasteiger partial charge in [-0.1, -0.05) is 6.08 Å². The smallest absolute Gasteiger partial charge is 0.356 e. The minimum atomic E-state index is -4.37. The largest absolute Gasteiger partial charge is 0.434 e. The fraction of sp³-hybridized carbons (Fsp3) is 0.455. The molecule has 0 amide bonds. The molecule has 1 aromatic heterocycles. The van der Waals surface area contributed by atoms with Gasteiger partial charge < -0.3 is 10.6 Å². The second-order valence-corrected chi connectivity index (χ2v) is 4.49. The van der Waals surface area contributed by atoms with Crippen molar-refractivity contribution in [2.24, 2.45) is 4.99 Å². The standard InChI is InChI=1S/C11H15F3N4S/c1-3-5-16-10(15-2)17-6-4-9-18-8(7-19-9)11(12,13)14/h3,7H,1,4-6H2,2H3,(H2,15,16,17). The first-order valence-corrected chi connectivity index (χ1v) is 6.42. The Labute approximate surface area is 113 Å². The number of alkyl halides is 3. The highest BCUT2D eigenvalue weighted by atomic mass is 32.1. The normalized spacial score (nSPS) is 12.3. The molecule has 1 rings (SSSR count). The molecule has 0 atom stereocenters. The molecular weight excluding hydrogens is 277 g/mol. The van der Waals surface area contributed by atoms with Crippen LogP contribution in [-0.4, -0.2) is 31.1 Å². The van der Waals surface area contributed by atoms with E-state index in [1.807, 2.05) is 0 Å². The van der Waals surface area contributed by atoms with E-state index < -0.39 is 11.9 Å². The zero-order chi connectivity index (χ0) is 14.3. The lowest BCUT2D eigenvalue weighted by Gasteiger charge is -2.09. The lowest BCUT2D eigenvalue weighted by molar-refractivity contribution is -0.140. The summed E-state index contributed by atoms with van der Waals surface area (Å²) in [5, 5.41) is 7.41. The van der Waals surface area contributed by atoms with E-state index in [-0.39, 0.29) is 0 Å². The number of hydrogen-bond donors (Lipinski definition) is 2. The van der Waals surface area contributed by atoms with Crippen LogP contribution in [0.25, 0.3) is 0 Å². The molecule has 4 nitrogen and oxygen atoms in total. The quantitative estimate of drug-likeness (QED) is 0.496. The van der Waals surface area contributed by atoms with Gasteiger partial charge in [0.15, 0.2) is 11.7 Å². The van der Waals surface area contributed by atoms with Crippen molar-refractivity contribution in [1.82, 2.24) is 15.6 Å². The third-order valence-corrected chi connectivity index (χ3v) is 3.02. The van der Waals surface area contributed by atoms with Crippen LogP contribution in [-0.2, 0) is 12.6 Å². The Morgan fingerprint density at radius 1 is 1.53 bits per heavy atom. The fourth-order valence-corrected chi connectivity index (χ4v) is 2.04. The molecule has 1 aromatic rings. The number of hydrogen-bond acceptors (Lipinski definition) is 3. The van der Waals surface area contributed by atoms with Crippen molar-refractivity contribution < 1.29 is 13.2 Å². The van der Waals surface area contributed by atoms with Gasteiger partial charge in [-0.25, -0.2) is 4.98 Å². The van der Waals surface area contributed by atoms with Crippen molar-refractivity contribution >= 4 is 17.3 Å². The minimum absolute atomic E-state index is 0.412. The Kier molecular flexibility index (Phi) is 5.81. The summed E-state index contributed by atoms with van der Waals surface area (Å²) in [5.41, 5.74) is -0.832. The average Bonchev–Trinajstić information content (AvgIpc) is 2.82. The van der Waals surface area contributed by atoms with E-state index >= 15 is 0 Å². The molecule has 8 heteroatoms. The van der Waals surface area contributed by atoms with Crippen LogP contribution < -0.4 is 10.6 Å². The van der Waals surface area contributed by atoms with Crippen LogP contribution in [0.1, 0.15) is 10.7 Å². The van der Waals surface area contributed by atoms with Crippen molar-refractivity contribution in [2.75, 3.05) is 20.1 Å². The fourth-order valence-electron chi connectivity index (χ4n) is 1.23. The van der Waals surface area contributed by atoms with Gasteiger partial charge in [0.2, 0.25) is 0 Å². The molecule has 1 heterocycles. The molecule has 0 saturated carbocycles. The van der Waals surface area contributed by atoms with Crippen LogP contribution in [0, 0.1) is 0 Å². The summed E-state index contributed by atoms with van der Waals surface area (Å²) in [6.45, 7) is 4.58. The number of aromatic nitrogens is 1. The van der Waals surface area contributed by atoms with E-state index in [1.165, 1.54) is 0 Å². The highest BCUT2D eigenvalue weighted by Gasteiger charge is 2.33. The molecule has 0 aliphatic carbocycles. The van der Waals surface area contributed by atoms with Crippen LogP contribution >= 0.6 is 11.3 Å². The van der Waals surface area contributed by atoms with Gasteiger partial charge in [-0.15, -0.1) is 17.9 Å². The first-order chi connectivity index (χ1) is 8.97. The van der Waals surface area contributed by atoms with Gasteiger partial charge in [0.25, 0.3) is 0 Å². The Hall–Kier alpha value is -1.57. The summed E-state index contributed by atoms with van der Waals surface area (Å²) in [6.07, 6.45) is -2.28. The third-order valence-electron chi connectivity index (χ3n) is 2.11. The summed E-state index contributed by atoms with van der Waals surface area (Å²) in [4.78, 5) is 7.49. The molecule has 2 N–H and O–H groups in total. The van der Waals surface area contributed by atoms with Crippen molar-refractivity contribution in [1.29, 1.82) is 0 Å². The molecular formula is C11H15F3N4S. The van der Waals surface area contributed by atoms with Crippen LogP contribution in [0.4, 0.5) is 13.2 Å². The van der Waals surface area contributed by atoms with Crippen molar-refractivity contribution in [3.05, 3.63) is 28.7 Å². The molecule has 0 aliphatic heterocycles. The second kappa shape index (κ2) is 7.13. The summed E-state index contributed by atoms with van der Waals surface area (Å²) in [6, 6.07) is 0. The molecule has 0 aromatic carbocycles. The number of thiazole rings is 1. The van der Waals surface area contributed by atoms with E-state index in [0.29, 0.717) is 30.5 Å². The number of guanidine groups is 1. The molecule has 0 spiro atoms. The Balaban J connectivity index is 2.41. The lowest BCUT2D eigenvalue weighted by atomic mass is 10.4. The van der Waals surface area contributed by atoms with Gasteiger partial charge in [-0.2, -0.15) is 13.2 Å². The van der Waals surface area contributed by atoms with Gasteiger partial charge >= 0.3 is 6.18 Å². The number of aliphatic imine (C=N–C) groups is 1. The zero-order valence-corrected chi connectivity index (χ0v) is 11.2. The van der Waals surface area contributed by atoms with E-state index in [1.54, 1.807) is 13.1 Å². The number of rotatable bonds is 5. The van der Waals surface area contributed by atoms with E-state index in [4.69, 9.17) is 0 Å². The zero-order valence-electron chi connectivity index (χ0n) is 10.4. The molecule has 0 unspecified atom stereocenters. The lowest BCUT2D eigenvalue weighted by Crippen LogP contribution is -2.38. The van der Waals surface area contributed by atoms with Crippen molar-refractivity contribution in [2.45, 2.75) is 12.6 Å². The monoisotopic (exact) mass is 292 g/mol. The van der Waals surface area contributed by atoms with Gasteiger partial charge in [-0.05, 0) is 0 Å². The number of halogens is 3. The van der Waals surface area contributed by atoms with Gasteiger partial charge in [0.05, 0.1) is 5.01 Å². The predicted molar refractivity (Wildman–Crippen MR) is 70.4 cm³/mol. The van der Waals surface area contributed by atoms with Crippen molar-refractivity contribution in [3.63, 3.8) is 0 Å². The van der Waals surface area contributed by atoms with Crippen LogP contribution in [0.3, 0.4) is 0 Å². The molecule has 0 aliphatic rings. The number of nitrogens with one attached hydrogen (secondary N) is 2. The second-order valence-electron chi connectivity index (χ2n) is 3.54. The van der Waals surface area contributed by atoms with E-state index in [9.17, 15) is 13.2 Å². The molecule has 0 fully saturated rings. The molecule has 0 bridgehead atoms. The topological polar surface area (TPSA) is 49.3 Å². The van der Waals surface area contributed by atoms with Crippen LogP contribution in [0.15, 0.2) is 23.0 Å². The Morgan fingerprint density at radius 3 is 2.79 bits per heavy atom. The Bertz CT molecular complexity index is 439. The van der Waals surface area contributed by atoms with E-state index in [2.05, 4.69) is 27.2 Å². The third kappa shape index (κ3) is 5.29. The van der Waals surface area contributed by atoms with Gasteiger partial charge in [0.1, 0.15) is 0 Å². The van der Waals surface area contributed by atoms with Crippen LogP contribution in [0.5, 0.6) is 0 Å². The van der Waals surface area contributed by atoms with E-state index in [0.717, 1.165) is 16.7 Å². The maximum atomic E-state index is 12.3. The molecule has 0 saturated heterocycles. The SMILES string of the molecule is C=CCNC(=NC)NCCc1nc(C(F)(F)F)cs1. The summed E-state index contributed by atoms with van der Waals surface area (Å²) in [5.74, 6) is 0.576. The molecule has 0 radical (unpaired) electrons. The highest BCUT2D eigenvalue weighted by molar-refractivity contribution is 7.09. The van der Waals surface area contributed by atoms with Gasteiger partial charge in [-0.3, -0.25) is 4.99 Å². The molecule has 106 valence electrons. The Morgan fingerprint density at radius 2 is 2.26 bits per heavy atom.